The molecule has 0 saturated carbocycles. The van der Waals surface area contributed by atoms with Gasteiger partial charge in [-0.3, -0.25) is 0 Å². The molecule has 0 amide bonds. The van der Waals surface area contributed by atoms with Crippen LogP contribution in [0.3, 0.4) is 0 Å². The Balaban J connectivity index is 1.47. The molecule has 8 nitrogen and oxygen atoms in total. The smallest absolute Gasteiger partial charge is 0.338 e. The number of piperidine rings is 1. The van der Waals surface area contributed by atoms with Crippen LogP contribution in [0.2, 0.25) is 0 Å². The minimum atomic E-state index is -4.03. The zero-order valence-electron chi connectivity index (χ0n) is 16.5. The van der Waals surface area contributed by atoms with Gasteiger partial charge < -0.3 is 9.15 Å². The molecule has 2 heterocycles. The van der Waals surface area contributed by atoms with Crippen molar-refractivity contribution in [2.75, 3.05) is 13.1 Å². The average Bonchev–Trinajstić information content (AvgIpc) is 3.28. The molecule has 0 bridgehead atoms. The molecule has 0 unspecified atom stereocenters. The van der Waals surface area contributed by atoms with Crippen molar-refractivity contribution in [2.24, 2.45) is 0 Å². The largest absolute Gasteiger partial charge is 0.452 e. The van der Waals surface area contributed by atoms with Gasteiger partial charge in [-0.05, 0) is 43.2 Å². The first-order valence-electron chi connectivity index (χ1n) is 9.80. The van der Waals surface area contributed by atoms with E-state index in [4.69, 9.17) is 9.15 Å². The number of rotatable bonds is 6. The molecule has 1 saturated heterocycles. The van der Waals surface area contributed by atoms with Gasteiger partial charge in [0.2, 0.25) is 15.9 Å². The van der Waals surface area contributed by atoms with Crippen molar-refractivity contribution in [3.8, 4) is 11.5 Å². The SMILES string of the molecule is O=C(OCc1nnc(-c2ccccc2)o1)c1ccc(F)c(S(=O)(=O)N2CCCCC2)c1. The molecule has 1 aliphatic rings. The number of hydrogen-bond donors (Lipinski definition) is 0. The summed E-state index contributed by atoms with van der Waals surface area (Å²) in [6.07, 6.45) is 2.37. The first-order valence-corrected chi connectivity index (χ1v) is 11.2. The molecule has 31 heavy (non-hydrogen) atoms. The van der Waals surface area contributed by atoms with Gasteiger partial charge in [0.15, 0.2) is 6.61 Å². The topological polar surface area (TPSA) is 103 Å². The van der Waals surface area contributed by atoms with E-state index in [0.717, 1.165) is 37.0 Å². The normalized spacial score (nSPS) is 15.0. The van der Waals surface area contributed by atoms with E-state index >= 15 is 0 Å². The van der Waals surface area contributed by atoms with Crippen LogP contribution in [0.4, 0.5) is 4.39 Å². The van der Waals surface area contributed by atoms with Gasteiger partial charge in [-0.15, -0.1) is 10.2 Å². The van der Waals surface area contributed by atoms with E-state index in [1.165, 1.54) is 10.4 Å². The minimum Gasteiger partial charge on any atom is -0.452 e. The van der Waals surface area contributed by atoms with Crippen LogP contribution < -0.4 is 0 Å². The number of esters is 1. The first-order chi connectivity index (χ1) is 14.9. The molecule has 2 aromatic carbocycles. The molecule has 0 spiro atoms. The lowest BCUT2D eigenvalue weighted by molar-refractivity contribution is 0.0438. The highest BCUT2D eigenvalue weighted by Crippen LogP contribution is 2.24. The van der Waals surface area contributed by atoms with E-state index < -0.39 is 26.7 Å². The molecule has 1 aromatic heterocycles. The first kappa shape index (κ1) is 21.1. The Bertz CT molecular complexity index is 1170. The summed E-state index contributed by atoms with van der Waals surface area (Å²) in [5, 5.41) is 7.74. The predicted molar refractivity (Wildman–Crippen MR) is 108 cm³/mol. The van der Waals surface area contributed by atoms with Crippen LogP contribution >= 0.6 is 0 Å². The standard InChI is InChI=1S/C21H20FN3O5S/c22-17-10-9-16(13-18(17)31(27,28)25-11-5-2-6-12-25)21(26)29-14-19-23-24-20(30-19)15-7-3-1-4-8-15/h1,3-4,7-10,13H,2,5-6,11-12,14H2. The van der Waals surface area contributed by atoms with E-state index in [1.807, 2.05) is 18.2 Å². The summed E-state index contributed by atoms with van der Waals surface area (Å²) in [6, 6.07) is 12.2. The van der Waals surface area contributed by atoms with Crippen LogP contribution in [0.1, 0.15) is 35.5 Å². The summed E-state index contributed by atoms with van der Waals surface area (Å²) in [5.74, 6) is -1.38. The number of carbonyl (C=O) groups is 1. The van der Waals surface area contributed by atoms with Gasteiger partial charge in [-0.1, -0.05) is 24.6 Å². The second-order valence-electron chi connectivity index (χ2n) is 7.05. The van der Waals surface area contributed by atoms with Gasteiger partial charge in [-0.2, -0.15) is 4.31 Å². The highest BCUT2D eigenvalue weighted by Gasteiger charge is 2.29. The average molecular weight is 445 g/mol. The van der Waals surface area contributed by atoms with Crippen molar-refractivity contribution in [2.45, 2.75) is 30.8 Å². The molecule has 0 atom stereocenters. The molecule has 10 heteroatoms. The molecule has 0 radical (unpaired) electrons. The number of nitrogens with zero attached hydrogens (tertiary/aromatic N) is 3. The second kappa shape index (κ2) is 8.94. The van der Waals surface area contributed by atoms with Crippen LogP contribution in [0.15, 0.2) is 57.8 Å². The Morgan fingerprint density at radius 1 is 1.06 bits per heavy atom. The molecule has 0 aliphatic carbocycles. The van der Waals surface area contributed by atoms with Gasteiger partial charge in [0.05, 0.1) is 5.56 Å². The predicted octanol–water partition coefficient (Wildman–Crippen LogP) is 3.41. The fourth-order valence-electron chi connectivity index (χ4n) is 3.29. The number of halogens is 1. The number of ether oxygens (including phenoxy) is 1. The lowest BCUT2D eigenvalue weighted by atomic mass is 10.2. The van der Waals surface area contributed by atoms with Crippen molar-refractivity contribution >= 4 is 16.0 Å². The van der Waals surface area contributed by atoms with Crippen molar-refractivity contribution < 1.29 is 26.8 Å². The molecule has 1 fully saturated rings. The Hall–Kier alpha value is -3.11. The van der Waals surface area contributed by atoms with Gasteiger partial charge in [0, 0.05) is 18.7 Å². The minimum absolute atomic E-state index is 0.0791. The molecule has 0 N–H and O–H groups in total. The lowest BCUT2D eigenvalue weighted by Gasteiger charge is -2.26. The number of benzene rings is 2. The van der Waals surface area contributed by atoms with E-state index in [1.54, 1.807) is 12.1 Å². The van der Waals surface area contributed by atoms with Gasteiger partial charge in [0.1, 0.15) is 10.7 Å². The quantitative estimate of drug-likeness (QED) is 0.536. The van der Waals surface area contributed by atoms with Crippen molar-refractivity contribution in [3.05, 3.63) is 65.8 Å². The van der Waals surface area contributed by atoms with E-state index in [2.05, 4.69) is 10.2 Å². The summed E-state index contributed by atoms with van der Waals surface area (Å²) in [4.78, 5) is 11.9. The van der Waals surface area contributed by atoms with Crippen LogP contribution in [-0.4, -0.2) is 42.0 Å². The Morgan fingerprint density at radius 3 is 2.55 bits per heavy atom. The maximum atomic E-state index is 14.3. The third kappa shape index (κ3) is 4.64. The Labute approximate surface area is 178 Å². The maximum Gasteiger partial charge on any atom is 0.338 e. The fourth-order valence-corrected chi connectivity index (χ4v) is 4.90. The van der Waals surface area contributed by atoms with Crippen LogP contribution in [0.5, 0.6) is 0 Å². The van der Waals surface area contributed by atoms with E-state index in [-0.39, 0.29) is 24.0 Å². The summed E-state index contributed by atoms with van der Waals surface area (Å²) in [7, 11) is -4.03. The van der Waals surface area contributed by atoms with Gasteiger partial charge in [0.25, 0.3) is 5.89 Å². The number of aromatic nitrogens is 2. The molecule has 162 valence electrons. The highest BCUT2D eigenvalue weighted by atomic mass is 32.2. The maximum absolute atomic E-state index is 14.3. The Morgan fingerprint density at radius 2 is 1.81 bits per heavy atom. The summed E-state index contributed by atoms with van der Waals surface area (Å²) < 4.78 is 51.8. The summed E-state index contributed by atoms with van der Waals surface area (Å²) in [5.41, 5.74) is 0.637. The van der Waals surface area contributed by atoms with Crippen LogP contribution in [-0.2, 0) is 21.4 Å². The third-order valence-corrected chi connectivity index (χ3v) is 6.83. The van der Waals surface area contributed by atoms with Crippen molar-refractivity contribution in [3.63, 3.8) is 0 Å². The monoisotopic (exact) mass is 445 g/mol. The zero-order chi connectivity index (χ0) is 21.8. The molecule has 3 aromatic rings. The zero-order valence-corrected chi connectivity index (χ0v) is 17.3. The molecule has 1 aliphatic heterocycles. The van der Waals surface area contributed by atoms with E-state index in [0.29, 0.717) is 13.1 Å². The van der Waals surface area contributed by atoms with Crippen molar-refractivity contribution in [1.29, 1.82) is 0 Å². The van der Waals surface area contributed by atoms with Crippen LogP contribution in [0, 0.1) is 5.82 Å². The second-order valence-corrected chi connectivity index (χ2v) is 8.96. The van der Waals surface area contributed by atoms with E-state index in [9.17, 15) is 17.6 Å². The lowest BCUT2D eigenvalue weighted by Crippen LogP contribution is -2.36. The number of carbonyl (C=O) groups excluding carboxylic acids is 1. The van der Waals surface area contributed by atoms with Gasteiger partial charge in [-0.25, -0.2) is 17.6 Å². The number of hydrogen-bond acceptors (Lipinski definition) is 7. The summed E-state index contributed by atoms with van der Waals surface area (Å²) >= 11 is 0. The molecular formula is C21H20FN3O5S. The molecular weight excluding hydrogens is 425 g/mol. The highest BCUT2D eigenvalue weighted by molar-refractivity contribution is 7.89. The Kier molecular flexibility index (Phi) is 6.10. The van der Waals surface area contributed by atoms with Crippen molar-refractivity contribution in [1.82, 2.24) is 14.5 Å². The third-order valence-electron chi connectivity index (χ3n) is 4.91. The number of sulfonamides is 1. The van der Waals surface area contributed by atoms with Crippen LogP contribution in [0.25, 0.3) is 11.5 Å². The molecule has 4 rings (SSSR count). The van der Waals surface area contributed by atoms with Gasteiger partial charge >= 0.3 is 5.97 Å². The fraction of sp³-hybridized carbons (Fsp3) is 0.286. The summed E-state index contributed by atoms with van der Waals surface area (Å²) in [6.45, 7) is 0.360.